The van der Waals surface area contributed by atoms with E-state index in [0.717, 1.165) is 25.1 Å². The molecule has 24 heavy (non-hydrogen) atoms. The van der Waals surface area contributed by atoms with Crippen LogP contribution in [0.5, 0.6) is 0 Å². The number of amides is 1. The van der Waals surface area contributed by atoms with Crippen molar-refractivity contribution in [2.45, 2.75) is 19.0 Å². The lowest BCUT2D eigenvalue weighted by Crippen LogP contribution is -2.29. The Morgan fingerprint density at radius 2 is 2.08 bits per heavy atom. The maximum Gasteiger partial charge on any atom is 0.416 e. The first-order chi connectivity index (χ1) is 11.4. The van der Waals surface area contributed by atoms with Gasteiger partial charge in [0, 0.05) is 43.1 Å². The fraction of sp³-hybridized carbons (Fsp3) is 0.412. The average Bonchev–Trinajstić information content (AvgIpc) is 3.12. The van der Waals surface area contributed by atoms with E-state index in [2.05, 4.69) is 15.2 Å². The van der Waals surface area contributed by atoms with Crippen LogP contribution in [0.2, 0.25) is 0 Å². The minimum Gasteiger partial charge on any atom is -0.355 e. The first-order valence-corrected chi connectivity index (χ1v) is 7.84. The summed E-state index contributed by atoms with van der Waals surface area (Å²) in [7, 11) is 0. The summed E-state index contributed by atoms with van der Waals surface area (Å²) in [5.74, 6) is 0.759. The topological polar surface area (TPSA) is 45.2 Å². The van der Waals surface area contributed by atoms with Crippen molar-refractivity contribution in [3.63, 3.8) is 0 Å². The molecule has 1 amide bonds. The van der Waals surface area contributed by atoms with E-state index in [1.807, 2.05) is 0 Å². The molecule has 0 bridgehead atoms. The van der Waals surface area contributed by atoms with E-state index in [1.54, 1.807) is 12.3 Å². The highest BCUT2D eigenvalue weighted by molar-refractivity contribution is 5.93. The fourth-order valence-corrected chi connectivity index (χ4v) is 3.75. The van der Waals surface area contributed by atoms with Crippen molar-refractivity contribution >= 4 is 22.5 Å². The molecular formula is C17H16F3N3O. The van der Waals surface area contributed by atoms with Crippen molar-refractivity contribution in [2.75, 3.05) is 24.5 Å². The number of hydrogen-bond donors (Lipinski definition) is 1. The van der Waals surface area contributed by atoms with Crippen molar-refractivity contribution in [1.29, 1.82) is 0 Å². The Morgan fingerprint density at radius 1 is 1.25 bits per heavy atom. The minimum atomic E-state index is -4.36. The summed E-state index contributed by atoms with van der Waals surface area (Å²) in [4.78, 5) is 18.0. The maximum atomic E-state index is 12.9. The average molecular weight is 335 g/mol. The number of hydrogen-bond acceptors (Lipinski definition) is 3. The maximum absolute atomic E-state index is 12.9. The normalized spacial score (nSPS) is 24.1. The second-order valence-corrected chi connectivity index (χ2v) is 6.69. The number of nitrogens with zero attached hydrogens (tertiary/aromatic N) is 2. The molecule has 0 unspecified atom stereocenters. The van der Waals surface area contributed by atoms with Gasteiger partial charge >= 0.3 is 6.18 Å². The number of anilines is 1. The zero-order chi connectivity index (χ0) is 16.9. The number of rotatable bonds is 1. The zero-order valence-electron chi connectivity index (χ0n) is 12.9. The molecule has 0 aliphatic carbocycles. The standard InChI is InChI=1S/C17H16F3N3O/c18-17(19,20)12-1-2-13-11(7-12)3-5-21-15(13)23-6-4-16(10-23)8-14(24)22-9-16/h1-3,5,7H,4,6,8-10H2,(H,22,24)/t16-/m0/s1. The van der Waals surface area contributed by atoms with E-state index in [1.165, 1.54) is 6.07 Å². The third-order valence-electron chi connectivity index (χ3n) is 5.00. The molecule has 4 rings (SSSR count). The molecule has 1 atom stereocenters. The van der Waals surface area contributed by atoms with Gasteiger partial charge in [0.05, 0.1) is 5.56 Å². The van der Waals surface area contributed by atoms with Crippen LogP contribution < -0.4 is 10.2 Å². The molecule has 2 fully saturated rings. The monoisotopic (exact) mass is 335 g/mol. The van der Waals surface area contributed by atoms with Gasteiger partial charge in [0.1, 0.15) is 5.82 Å². The molecule has 126 valence electrons. The number of halogens is 3. The number of alkyl halides is 3. The van der Waals surface area contributed by atoms with Crippen LogP contribution in [0.1, 0.15) is 18.4 Å². The van der Waals surface area contributed by atoms with Crippen molar-refractivity contribution in [1.82, 2.24) is 10.3 Å². The first kappa shape index (κ1) is 15.2. The molecule has 1 spiro atoms. The van der Waals surface area contributed by atoms with Gasteiger partial charge in [-0.05, 0) is 30.0 Å². The predicted molar refractivity (Wildman–Crippen MR) is 83.6 cm³/mol. The van der Waals surface area contributed by atoms with Crippen molar-refractivity contribution < 1.29 is 18.0 Å². The molecule has 7 heteroatoms. The molecule has 2 saturated heterocycles. The number of carbonyl (C=O) groups excluding carboxylic acids is 1. The van der Waals surface area contributed by atoms with Gasteiger partial charge in [-0.3, -0.25) is 4.79 Å². The summed E-state index contributed by atoms with van der Waals surface area (Å²) >= 11 is 0. The van der Waals surface area contributed by atoms with Crippen LogP contribution in [0.4, 0.5) is 19.0 Å². The third kappa shape index (κ3) is 2.48. The summed E-state index contributed by atoms with van der Waals surface area (Å²) in [6, 6.07) is 5.34. The minimum absolute atomic E-state index is 0.0672. The molecule has 2 aliphatic heterocycles. The van der Waals surface area contributed by atoms with Crippen LogP contribution >= 0.6 is 0 Å². The summed E-state index contributed by atoms with van der Waals surface area (Å²) < 4.78 is 38.7. The Morgan fingerprint density at radius 3 is 2.79 bits per heavy atom. The van der Waals surface area contributed by atoms with E-state index in [-0.39, 0.29) is 11.3 Å². The quantitative estimate of drug-likeness (QED) is 0.871. The highest BCUT2D eigenvalue weighted by Gasteiger charge is 2.44. The Bertz CT molecular complexity index is 820. The largest absolute Gasteiger partial charge is 0.416 e. The molecule has 2 aromatic rings. The number of pyridine rings is 1. The molecule has 0 saturated carbocycles. The fourth-order valence-electron chi connectivity index (χ4n) is 3.75. The Kier molecular flexibility index (Phi) is 3.23. The molecular weight excluding hydrogens is 319 g/mol. The van der Waals surface area contributed by atoms with E-state index < -0.39 is 11.7 Å². The van der Waals surface area contributed by atoms with E-state index in [9.17, 15) is 18.0 Å². The molecule has 2 aliphatic rings. The van der Waals surface area contributed by atoms with Crippen LogP contribution in [-0.4, -0.2) is 30.5 Å². The van der Waals surface area contributed by atoms with Gasteiger partial charge in [-0.25, -0.2) is 4.98 Å². The van der Waals surface area contributed by atoms with Crippen LogP contribution in [0.25, 0.3) is 10.8 Å². The zero-order valence-corrected chi connectivity index (χ0v) is 12.9. The number of fused-ring (bicyclic) bond motifs is 1. The van der Waals surface area contributed by atoms with Gasteiger partial charge in [0.2, 0.25) is 5.91 Å². The smallest absolute Gasteiger partial charge is 0.355 e. The van der Waals surface area contributed by atoms with Gasteiger partial charge in [-0.1, -0.05) is 6.07 Å². The Hall–Kier alpha value is -2.31. The van der Waals surface area contributed by atoms with Crippen molar-refractivity contribution in [3.8, 4) is 0 Å². The highest BCUT2D eigenvalue weighted by Crippen LogP contribution is 2.40. The Balaban J connectivity index is 1.69. The van der Waals surface area contributed by atoms with Gasteiger partial charge in [0.15, 0.2) is 0 Å². The predicted octanol–water partition coefficient (Wildman–Crippen LogP) is 2.97. The number of nitrogens with one attached hydrogen (secondary N) is 1. The SMILES string of the molecule is O=C1C[C@@]2(CCN(c3nccc4cc(C(F)(F)F)ccc34)C2)CN1. The summed E-state index contributed by atoms with van der Waals surface area (Å²) in [6.45, 7) is 2.10. The molecule has 1 N–H and O–H groups in total. The summed E-state index contributed by atoms with van der Waals surface area (Å²) in [6.07, 6.45) is -1.43. The number of carbonyl (C=O) groups is 1. The van der Waals surface area contributed by atoms with Crippen molar-refractivity contribution in [3.05, 3.63) is 36.0 Å². The van der Waals surface area contributed by atoms with Crippen molar-refractivity contribution in [2.24, 2.45) is 5.41 Å². The van der Waals surface area contributed by atoms with E-state index in [0.29, 0.717) is 36.1 Å². The van der Waals surface area contributed by atoms with E-state index >= 15 is 0 Å². The van der Waals surface area contributed by atoms with Crippen LogP contribution in [0, 0.1) is 5.41 Å². The lowest BCUT2D eigenvalue weighted by molar-refractivity contribution is -0.137. The number of benzene rings is 1. The lowest BCUT2D eigenvalue weighted by Gasteiger charge is -2.23. The second kappa shape index (κ2) is 5.09. The van der Waals surface area contributed by atoms with Gasteiger partial charge in [0.25, 0.3) is 0 Å². The van der Waals surface area contributed by atoms with Gasteiger partial charge in [-0.15, -0.1) is 0 Å². The number of aromatic nitrogens is 1. The second-order valence-electron chi connectivity index (χ2n) is 6.69. The highest BCUT2D eigenvalue weighted by atomic mass is 19.4. The Labute approximate surface area is 136 Å². The van der Waals surface area contributed by atoms with Gasteiger partial charge in [-0.2, -0.15) is 13.2 Å². The van der Waals surface area contributed by atoms with Crippen LogP contribution in [0.3, 0.4) is 0 Å². The van der Waals surface area contributed by atoms with Crippen LogP contribution in [0.15, 0.2) is 30.5 Å². The molecule has 0 radical (unpaired) electrons. The summed E-state index contributed by atoms with van der Waals surface area (Å²) in [5.41, 5.74) is -0.733. The molecule has 1 aromatic carbocycles. The lowest BCUT2D eigenvalue weighted by atomic mass is 9.86. The first-order valence-electron chi connectivity index (χ1n) is 7.84. The third-order valence-corrected chi connectivity index (χ3v) is 5.00. The molecule has 3 heterocycles. The van der Waals surface area contributed by atoms with E-state index in [4.69, 9.17) is 0 Å². The molecule has 1 aromatic heterocycles. The summed E-state index contributed by atoms with van der Waals surface area (Å²) in [5, 5.41) is 4.11. The van der Waals surface area contributed by atoms with Crippen LogP contribution in [-0.2, 0) is 11.0 Å². The molecule has 4 nitrogen and oxygen atoms in total. The van der Waals surface area contributed by atoms with Gasteiger partial charge < -0.3 is 10.2 Å².